The summed E-state index contributed by atoms with van der Waals surface area (Å²) in [4.78, 5) is 13.8. The maximum absolute atomic E-state index is 12.1. The molecular formula is C14H18ClNO3. The van der Waals surface area contributed by atoms with E-state index in [0.29, 0.717) is 17.1 Å². The van der Waals surface area contributed by atoms with Gasteiger partial charge in [-0.05, 0) is 30.5 Å². The van der Waals surface area contributed by atoms with Crippen LogP contribution < -0.4 is 0 Å². The lowest BCUT2D eigenvalue weighted by Crippen LogP contribution is -2.38. The molecule has 1 saturated heterocycles. The number of nitrogens with zero attached hydrogens (tertiary/aromatic N) is 1. The summed E-state index contributed by atoms with van der Waals surface area (Å²) in [5.74, 6) is -0.112. The highest BCUT2D eigenvalue weighted by atomic mass is 35.5. The summed E-state index contributed by atoms with van der Waals surface area (Å²) in [5, 5.41) is 19.8. The van der Waals surface area contributed by atoms with Crippen LogP contribution in [0.15, 0.2) is 24.3 Å². The Balaban J connectivity index is 1.96. The van der Waals surface area contributed by atoms with E-state index in [4.69, 9.17) is 11.6 Å². The van der Waals surface area contributed by atoms with E-state index in [1.54, 1.807) is 29.2 Å². The Bertz CT molecular complexity index is 435. The lowest BCUT2D eigenvalue weighted by Gasteiger charge is -2.24. The number of amides is 1. The Hall–Kier alpha value is -1.10. The highest BCUT2D eigenvalue weighted by Crippen LogP contribution is 2.23. The molecule has 1 aromatic carbocycles. The molecule has 104 valence electrons. The molecule has 0 unspecified atom stereocenters. The zero-order chi connectivity index (χ0) is 13.8. The molecule has 4 nitrogen and oxygen atoms in total. The van der Waals surface area contributed by atoms with E-state index in [2.05, 4.69) is 0 Å². The molecular weight excluding hydrogens is 266 g/mol. The van der Waals surface area contributed by atoms with Crippen LogP contribution in [0.2, 0.25) is 5.02 Å². The second-order valence-corrected chi connectivity index (χ2v) is 5.27. The largest absolute Gasteiger partial charge is 0.394 e. The van der Waals surface area contributed by atoms with Gasteiger partial charge in [-0.2, -0.15) is 0 Å². The minimum Gasteiger partial charge on any atom is -0.394 e. The molecule has 1 aliphatic rings. The normalized spacial score (nSPS) is 20.6. The predicted molar refractivity (Wildman–Crippen MR) is 72.8 cm³/mol. The number of aliphatic hydroxyl groups excluding tert-OH is 2. The van der Waals surface area contributed by atoms with Crippen LogP contribution in [0.3, 0.4) is 0 Å². The van der Waals surface area contributed by atoms with Crippen molar-refractivity contribution in [1.29, 1.82) is 0 Å². The van der Waals surface area contributed by atoms with Gasteiger partial charge in [-0.25, -0.2) is 0 Å². The summed E-state index contributed by atoms with van der Waals surface area (Å²) in [6.45, 7) is 0.653. The number of rotatable bonds is 4. The zero-order valence-electron chi connectivity index (χ0n) is 10.6. The second-order valence-electron chi connectivity index (χ2n) is 4.84. The van der Waals surface area contributed by atoms with Crippen LogP contribution in [0.25, 0.3) is 0 Å². The Morgan fingerprint density at radius 2 is 2.11 bits per heavy atom. The molecule has 2 N–H and O–H groups in total. The van der Waals surface area contributed by atoms with Gasteiger partial charge >= 0.3 is 0 Å². The van der Waals surface area contributed by atoms with Crippen LogP contribution in [0, 0.1) is 0 Å². The average molecular weight is 284 g/mol. The number of carbonyl (C=O) groups excluding carboxylic acids is 1. The van der Waals surface area contributed by atoms with Gasteiger partial charge in [-0.3, -0.25) is 4.79 Å². The van der Waals surface area contributed by atoms with E-state index in [0.717, 1.165) is 12.8 Å². The van der Waals surface area contributed by atoms with E-state index in [1.807, 2.05) is 0 Å². The van der Waals surface area contributed by atoms with Crippen molar-refractivity contribution < 1.29 is 15.0 Å². The Kier molecular flexibility index (Phi) is 4.80. The molecule has 1 fully saturated rings. The fraction of sp³-hybridized carbons (Fsp3) is 0.500. The van der Waals surface area contributed by atoms with Crippen LogP contribution in [0.5, 0.6) is 0 Å². The van der Waals surface area contributed by atoms with Crippen molar-refractivity contribution in [3.05, 3.63) is 34.9 Å². The second kappa shape index (κ2) is 6.37. The molecule has 19 heavy (non-hydrogen) atoms. The lowest BCUT2D eigenvalue weighted by atomic mass is 10.1. The van der Waals surface area contributed by atoms with Crippen LogP contribution in [0.1, 0.15) is 30.9 Å². The monoisotopic (exact) mass is 283 g/mol. The van der Waals surface area contributed by atoms with Crippen LogP contribution >= 0.6 is 11.6 Å². The van der Waals surface area contributed by atoms with Crippen molar-refractivity contribution in [2.45, 2.75) is 31.4 Å². The molecule has 0 aromatic heterocycles. The van der Waals surface area contributed by atoms with Crippen LogP contribution in [0.4, 0.5) is 0 Å². The first kappa shape index (κ1) is 14.3. The van der Waals surface area contributed by atoms with E-state index in [-0.39, 0.29) is 25.0 Å². The van der Waals surface area contributed by atoms with Gasteiger partial charge in [0, 0.05) is 11.6 Å². The SMILES string of the molecule is O=C(C[C@@H](O)c1ccc(Cl)cc1)N1CCC[C@@H]1CO. The van der Waals surface area contributed by atoms with Crippen molar-refractivity contribution in [2.75, 3.05) is 13.2 Å². The minimum atomic E-state index is -0.829. The maximum atomic E-state index is 12.1. The molecule has 0 spiro atoms. The van der Waals surface area contributed by atoms with Crippen molar-refractivity contribution in [3.63, 3.8) is 0 Å². The third-order valence-electron chi connectivity index (χ3n) is 3.53. The molecule has 5 heteroatoms. The van der Waals surface area contributed by atoms with Gasteiger partial charge in [0.1, 0.15) is 0 Å². The Labute approximate surface area is 117 Å². The molecule has 2 atom stereocenters. The van der Waals surface area contributed by atoms with Gasteiger partial charge in [0.2, 0.25) is 5.91 Å². The zero-order valence-corrected chi connectivity index (χ0v) is 11.4. The molecule has 0 radical (unpaired) electrons. The summed E-state index contributed by atoms with van der Waals surface area (Å²) in [7, 11) is 0. The van der Waals surface area contributed by atoms with Crippen molar-refractivity contribution in [2.24, 2.45) is 0 Å². The fourth-order valence-corrected chi connectivity index (χ4v) is 2.57. The van der Waals surface area contributed by atoms with E-state index >= 15 is 0 Å². The third-order valence-corrected chi connectivity index (χ3v) is 3.78. The van der Waals surface area contributed by atoms with Gasteiger partial charge < -0.3 is 15.1 Å². The molecule has 1 amide bonds. The molecule has 2 rings (SSSR count). The van der Waals surface area contributed by atoms with Gasteiger partial charge in [0.05, 0.1) is 25.2 Å². The first-order valence-electron chi connectivity index (χ1n) is 6.45. The van der Waals surface area contributed by atoms with Gasteiger partial charge in [0.15, 0.2) is 0 Å². The van der Waals surface area contributed by atoms with Gasteiger partial charge in [0.25, 0.3) is 0 Å². The fourth-order valence-electron chi connectivity index (χ4n) is 2.44. The first-order valence-corrected chi connectivity index (χ1v) is 6.83. The number of halogens is 1. The Morgan fingerprint density at radius 3 is 2.74 bits per heavy atom. The molecule has 1 heterocycles. The summed E-state index contributed by atoms with van der Waals surface area (Å²) in [5.41, 5.74) is 0.678. The van der Waals surface area contributed by atoms with Gasteiger partial charge in [-0.15, -0.1) is 0 Å². The van der Waals surface area contributed by atoms with E-state index in [9.17, 15) is 15.0 Å². The molecule has 0 bridgehead atoms. The van der Waals surface area contributed by atoms with E-state index in [1.165, 1.54) is 0 Å². The topological polar surface area (TPSA) is 60.8 Å². The van der Waals surface area contributed by atoms with Crippen LogP contribution in [-0.2, 0) is 4.79 Å². The summed E-state index contributed by atoms with van der Waals surface area (Å²) < 4.78 is 0. The molecule has 1 aliphatic heterocycles. The summed E-state index contributed by atoms with van der Waals surface area (Å²) in [6.07, 6.45) is 0.954. The average Bonchev–Trinajstić information content (AvgIpc) is 2.87. The molecule has 0 aliphatic carbocycles. The number of hydrogen-bond donors (Lipinski definition) is 2. The number of hydrogen-bond acceptors (Lipinski definition) is 3. The van der Waals surface area contributed by atoms with Crippen LogP contribution in [-0.4, -0.2) is 40.2 Å². The molecule has 0 saturated carbocycles. The lowest BCUT2D eigenvalue weighted by molar-refractivity contribution is -0.134. The quantitative estimate of drug-likeness (QED) is 0.885. The highest BCUT2D eigenvalue weighted by molar-refractivity contribution is 6.30. The first-order chi connectivity index (χ1) is 9.11. The summed E-state index contributed by atoms with van der Waals surface area (Å²) >= 11 is 5.78. The maximum Gasteiger partial charge on any atom is 0.225 e. The smallest absolute Gasteiger partial charge is 0.225 e. The highest BCUT2D eigenvalue weighted by Gasteiger charge is 2.29. The third kappa shape index (κ3) is 3.47. The van der Waals surface area contributed by atoms with E-state index < -0.39 is 6.10 Å². The molecule has 1 aromatic rings. The minimum absolute atomic E-state index is 0.0111. The van der Waals surface area contributed by atoms with Crippen molar-refractivity contribution in [3.8, 4) is 0 Å². The van der Waals surface area contributed by atoms with Crippen molar-refractivity contribution in [1.82, 2.24) is 4.90 Å². The Morgan fingerprint density at radius 1 is 1.42 bits per heavy atom. The standard InChI is InChI=1S/C14H18ClNO3/c15-11-5-3-10(4-6-11)13(18)8-14(19)16-7-1-2-12(16)9-17/h3-6,12-13,17-18H,1-2,7-9H2/t12-,13-/m1/s1. The summed E-state index contributed by atoms with van der Waals surface area (Å²) in [6, 6.07) is 6.72. The predicted octanol–water partition coefficient (Wildman–Crippen LogP) is 1.75. The number of likely N-dealkylation sites (tertiary alicyclic amines) is 1. The number of aliphatic hydroxyl groups is 2. The van der Waals surface area contributed by atoms with Crippen molar-refractivity contribution >= 4 is 17.5 Å². The number of carbonyl (C=O) groups is 1. The van der Waals surface area contributed by atoms with Gasteiger partial charge in [-0.1, -0.05) is 23.7 Å². The number of benzene rings is 1.